The maximum absolute atomic E-state index is 12.2. The van der Waals surface area contributed by atoms with E-state index < -0.39 is 0 Å². The molecular weight excluding hydrogens is 374 g/mol. The topological polar surface area (TPSA) is 78.9 Å². The number of benzene rings is 3. The Bertz CT molecular complexity index is 1160. The molecule has 0 spiro atoms. The minimum absolute atomic E-state index is 0.233. The fourth-order valence-electron chi connectivity index (χ4n) is 3.16. The molecule has 0 aliphatic carbocycles. The molecule has 0 bridgehead atoms. The summed E-state index contributed by atoms with van der Waals surface area (Å²) < 4.78 is 0. The minimum atomic E-state index is -0.233. The third-order valence-corrected chi connectivity index (χ3v) is 4.73. The molecule has 30 heavy (non-hydrogen) atoms. The van der Waals surface area contributed by atoms with Gasteiger partial charge in [-0.2, -0.15) is 0 Å². The molecule has 0 radical (unpaired) electrons. The van der Waals surface area contributed by atoms with Crippen molar-refractivity contribution >= 4 is 28.4 Å². The van der Waals surface area contributed by atoms with Gasteiger partial charge < -0.3 is 16.0 Å². The summed E-state index contributed by atoms with van der Waals surface area (Å²) in [6.07, 6.45) is 0. The summed E-state index contributed by atoms with van der Waals surface area (Å²) in [5, 5.41) is 10.0. The molecule has 6 nitrogen and oxygen atoms in total. The minimum Gasteiger partial charge on any atom is -0.368 e. The number of rotatable bonds is 6. The second kappa shape index (κ2) is 9.05. The van der Waals surface area contributed by atoms with Crippen molar-refractivity contribution in [2.24, 2.45) is 0 Å². The number of aromatic nitrogens is 2. The number of anilines is 2. The van der Waals surface area contributed by atoms with Crippen molar-refractivity contribution in [2.45, 2.75) is 6.92 Å². The average molecular weight is 397 g/mol. The summed E-state index contributed by atoms with van der Waals surface area (Å²) in [6.45, 7) is 2.95. The Hall–Kier alpha value is -3.93. The predicted molar refractivity (Wildman–Crippen MR) is 122 cm³/mol. The number of carbonyl (C=O) groups excluding carboxylic acids is 1. The summed E-state index contributed by atoms with van der Waals surface area (Å²) in [5.41, 5.74) is 3.66. The summed E-state index contributed by atoms with van der Waals surface area (Å²) in [7, 11) is 0. The van der Waals surface area contributed by atoms with Gasteiger partial charge in [0, 0.05) is 29.7 Å². The molecule has 1 aromatic heterocycles. The molecule has 0 fully saturated rings. The Morgan fingerprint density at radius 2 is 1.57 bits per heavy atom. The molecular formula is C24H23N5O. The average Bonchev–Trinajstić information content (AvgIpc) is 2.78. The lowest BCUT2D eigenvalue weighted by atomic mass is 10.2. The van der Waals surface area contributed by atoms with E-state index in [0.717, 1.165) is 33.5 Å². The van der Waals surface area contributed by atoms with Gasteiger partial charge in [-0.15, -0.1) is 0 Å². The van der Waals surface area contributed by atoms with Gasteiger partial charge in [0.15, 0.2) is 5.82 Å². The number of urea groups is 1. The van der Waals surface area contributed by atoms with Gasteiger partial charge in [0.1, 0.15) is 5.82 Å². The first kappa shape index (κ1) is 19.4. The standard InChI is InChI=1S/C24H23N5O/c1-17-9-5-7-13-20(17)28-24(30)26-16-15-25-23-19-12-6-8-14-21(19)27-22(29-23)18-10-3-2-4-11-18/h2-14H,15-16H2,1H3,(H,25,27,29)(H2,26,28,30). The van der Waals surface area contributed by atoms with E-state index in [4.69, 9.17) is 4.98 Å². The van der Waals surface area contributed by atoms with Crippen molar-refractivity contribution in [3.8, 4) is 11.4 Å². The van der Waals surface area contributed by atoms with Gasteiger partial charge in [0.2, 0.25) is 0 Å². The Labute approximate surface area is 175 Å². The van der Waals surface area contributed by atoms with Crippen LogP contribution in [0.15, 0.2) is 78.9 Å². The molecule has 4 aromatic rings. The largest absolute Gasteiger partial charge is 0.368 e. The monoisotopic (exact) mass is 397 g/mol. The van der Waals surface area contributed by atoms with Crippen LogP contribution in [0.5, 0.6) is 0 Å². The van der Waals surface area contributed by atoms with Crippen LogP contribution in [0.1, 0.15) is 5.56 Å². The van der Waals surface area contributed by atoms with Crippen LogP contribution in [0.25, 0.3) is 22.3 Å². The molecule has 0 aliphatic heterocycles. The molecule has 1 heterocycles. The van der Waals surface area contributed by atoms with Crippen LogP contribution in [-0.4, -0.2) is 29.1 Å². The Morgan fingerprint density at radius 3 is 2.40 bits per heavy atom. The van der Waals surface area contributed by atoms with Gasteiger partial charge in [-0.25, -0.2) is 14.8 Å². The van der Waals surface area contributed by atoms with Gasteiger partial charge in [-0.05, 0) is 30.7 Å². The Morgan fingerprint density at radius 1 is 0.833 bits per heavy atom. The van der Waals surface area contributed by atoms with Crippen molar-refractivity contribution in [1.29, 1.82) is 0 Å². The van der Waals surface area contributed by atoms with E-state index >= 15 is 0 Å². The smallest absolute Gasteiger partial charge is 0.319 e. The van der Waals surface area contributed by atoms with E-state index in [9.17, 15) is 4.79 Å². The summed E-state index contributed by atoms with van der Waals surface area (Å²) >= 11 is 0. The lowest BCUT2D eigenvalue weighted by molar-refractivity contribution is 0.252. The number of aryl methyl sites for hydroxylation is 1. The number of fused-ring (bicyclic) bond motifs is 1. The maximum Gasteiger partial charge on any atom is 0.319 e. The SMILES string of the molecule is Cc1ccccc1NC(=O)NCCNc1nc(-c2ccccc2)nc2ccccc12. The Balaban J connectivity index is 1.42. The zero-order chi connectivity index (χ0) is 20.8. The molecule has 150 valence electrons. The predicted octanol–water partition coefficient (Wildman–Crippen LogP) is 4.84. The first-order valence-electron chi connectivity index (χ1n) is 9.87. The van der Waals surface area contributed by atoms with Crippen molar-refractivity contribution in [2.75, 3.05) is 23.7 Å². The first-order valence-corrected chi connectivity index (χ1v) is 9.87. The van der Waals surface area contributed by atoms with Crippen LogP contribution in [-0.2, 0) is 0 Å². The van der Waals surface area contributed by atoms with Crippen molar-refractivity contribution < 1.29 is 4.79 Å². The molecule has 0 unspecified atom stereocenters. The van der Waals surface area contributed by atoms with Gasteiger partial charge in [0.05, 0.1) is 5.52 Å². The van der Waals surface area contributed by atoms with E-state index in [1.165, 1.54) is 0 Å². The van der Waals surface area contributed by atoms with Gasteiger partial charge >= 0.3 is 6.03 Å². The summed E-state index contributed by atoms with van der Waals surface area (Å²) in [6, 6.07) is 25.2. The molecule has 0 saturated heterocycles. The van der Waals surface area contributed by atoms with Crippen LogP contribution < -0.4 is 16.0 Å². The maximum atomic E-state index is 12.2. The van der Waals surface area contributed by atoms with Crippen molar-refractivity contribution in [1.82, 2.24) is 15.3 Å². The highest BCUT2D eigenvalue weighted by atomic mass is 16.2. The quantitative estimate of drug-likeness (QED) is 0.407. The van der Waals surface area contributed by atoms with E-state index in [-0.39, 0.29) is 6.03 Å². The van der Waals surface area contributed by atoms with Crippen LogP contribution >= 0.6 is 0 Å². The molecule has 3 N–H and O–H groups in total. The fourth-order valence-corrected chi connectivity index (χ4v) is 3.16. The first-order chi connectivity index (χ1) is 14.7. The van der Waals surface area contributed by atoms with Gasteiger partial charge in [-0.3, -0.25) is 0 Å². The van der Waals surface area contributed by atoms with Crippen LogP contribution in [0.3, 0.4) is 0 Å². The highest BCUT2D eigenvalue weighted by molar-refractivity contribution is 5.91. The lowest BCUT2D eigenvalue weighted by Crippen LogP contribution is -2.33. The second-order valence-electron chi connectivity index (χ2n) is 6.90. The molecule has 6 heteroatoms. The third kappa shape index (κ3) is 4.55. The summed E-state index contributed by atoms with van der Waals surface area (Å²) in [4.78, 5) is 21.6. The summed E-state index contributed by atoms with van der Waals surface area (Å²) in [5.74, 6) is 1.42. The molecule has 0 aliphatic rings. The Kier molecular flexibility index (Phi) is 5.85. The van der Waals surface area contributed by atoms with E-state index in [1.807, 2.05) is 85.8 Å². The molecule has 0 atom stereocenters. The number of nitrogens with one attached hydrogen (secondary N) is 3. The third-order valence-electron chi connectivity index (χ3n) is 4.73. The molecule has 2 amide bonds. The van der Waals surface area contributed by atoms with E-state index in [1.54, 1.807) is 0 Å². The fraction of sp³-hybridized carbons (Fsp3) is 0.125. The van der Waals surface area contributed by atoms with Crippen molar-refractivity contribution in [3.63, 3.8) is 0 Å². The molecule has 3 aromatic carbocycles. The highest BCUT2D eigenvalue weighted by Gasteiger charge is 2.09. The normalized spacial score (nSPS) is 10.6. The highest BCUT2D eigenvalue weighted by Crippen LogP contribution is 2.24. The van der Waals surface area contributed by atoms with E-state index in [0.29, 0.717) is 18.9 Å². The zero-order valence-corrected chi connectivity index (χ0v) is 16.7. The number of carbonyl (C=O) groups is 1. The number of para-hydroxylation sites is 2. The lowest BCUT2D eigenvalue weighted by Gasteiger charge is -2.12. The zero-order valence-electron chi connectivity index (χ0n) is 16.7. The van der Waals surface area contributed by atoms with Gasteiger partial charge in [0.25, 0.3) is 0 Å². The van der Waals surface area contributed by atoms with E-state index in [2.05, 4.69) is 20.9 Å². The molecule has 0 saturated carbocycles. The number of amides is 2. The molecule has 4 rings (SSSR count). The number of nitrogens with zero attached hydrogens (tertiary/aromatic N) is 2. The van der Waals surface area contributed by atoms with Crippen LogP contribution in [0.2, 0.25) is 0 Å². The van der Waals surface area contributed by atoms with Crippen LogP contribution in [0, 0.1) is 6.92 Å². The van der Waals surface area contributed by atoms with Crippen LogP contribution in [0.4, 0.5) is 16.3 Å². The number of hydrogen-bond donors (Lipinski definition) is 3. The van der Waals surface area contributed by atoms with Crippen molar-refractivity contribution in [3.05, 3.63) is 84.4 Å². The van der Waals surface area contributed by atoms with Gasteiger partial charge in [-0.1, -0.05) is 60.7 Å². The number of hydrogen-bond acceptors (Lipinski definition) is 4. The second-order valence-corrected chi connectivity index (χ2v) is 6.90.